The Morgan fingerprint density at radius 2 is 2.26 bits per heavy atom. The van der Waals surface area contributed by atoms with E-state index in [1.54, 1.807) is 11.3 Å². The molecule has 3 aromatic heterocycles. The lowest BCUT2D eigenvalue weighted by Crippen LogP contribution is -2.32. The lowest BCUT2D eigenvalue weighted by molar-refractivity contribution is 0.925. The lowest BCUT2D eigenvalue weighted by Gasteiger charge is -2.21. The summed E-state index contributed by atoms with van der Waals surface area (Å²) in [4.78, 5) is 6.50. The van der Waals surface area contributed by atoms with E-state index < -0.39 is 0 Å². The highest BCUT2D eigenvalue weighted by molar-refractivity contribution is 7.07. The molecule has 94 valence electrons. The maximum absolute atomic E-state index is 4.20. The Bertz CT molecular complexity index is 872. The number of nitrogens with zero attached hydrogens (tertiary/aromatic N) is 3. The van der Waals surface area contributed by atoms with E-state index in [1.165, 1.54) is 26.5 Å². The van der Waals surface area contributed by atoms with Gasteiger partial charge in [-0.25, -0.2) is 0 Å². The zero-order valence-corrected chi connectivity index (χ0v) is 11.4. The fraction of sp³-hybridized carbons (Fsp3) is 0.133. The molecule has 0 atom stereocenters. The van der Waals surface area contributed by atoms with E-state index >= 15 is 0 Å². The Morgan fingerprint density at radius 1 is 1.32 bits per heavy atom. The largest absolute Gasteiger partial charge is 0.329 e. The molecule has 0 radical (unpaired) electrons. The van der Waals surface area contributed by atoms with Gasteiger partial charge in [-0.1, -0.05) is 6.08 Å². The molecule has 0 bridgehead atoms. The number of pyridine rings is 1. The number of hydrogen-bond donors (Lipinski definition) is 0. The predicted molar refractivity (Wildman–Crippen MR) is 80.6 cm³/mol. The molecular formula is C15H13N3S. The van der Waals surface area contributed by atoms with Crippen LogP contribution in [0.3, 0.4) is 0 Å². The van der Waals surface area contributed by atoms with Crippen molar-refractivity contribution in [2.45, 2.75) is 0 Å². The van der Waals surface area contributed by atoms with E-state index in [-0.39, 0.29) is 0 Å². The van der Waals surface area contributed by atoms with Gasteiger partial charge in [-0.3, -0.25) is 4.98 Å². The standard InChI is InChI=1S/C15H13N3S/c1-17-13-9-16-5-2-12(13)8-15(17)18-6-3-11-4-7-19-14(11)10-18/h2-5,7-10H,6H2,1H3. The molecule has 0 saturated carbocycles. The molecule has 3 nitrogen and oxygen atoms in total. The van der Waals surface area contributed by atoms with Crippen LogP contribution in [0, 0.1) is 0 Å². The second-order valence-electron chi connectivity index (χ2n) is 4.72. The fourth-order valence-electron chi connectivity index (χ4n) is 2.59. The zero-order valence-electron chi connectivity index (χ0n) is 10.6. The van der Waals surface area contributed by atoms with Gasteiger partial charge in [0, 0.05) is 31.4 Å². The van der Waals surface area contributed by atoms with E-state index in [2.05, 4.69) is 57.4 Å². The van der Waals surface area contributed by atoms with E-state index in [9.17, 15) is 0 Å². The maximum Gasteiger partial charge on any atom is 0.113 e. The highest BCUT2D eigenvalue weighted by Gasteiger charge is 2.12. The minimum Gasteiger partial charge on any atom is -0.329 e. The van der Waals surface area contributed by atoms with Gasteiger partial charge < -0.3 is 9.47 Å². The summed E-state index contributed by atoms with van der Waals surface area (Å²) in [7, 11) is 2.09. The van der Waals surface area contributed by atoms with Crippen LogP contribution in [0.15, 0.2) is 36.0 Å². The molecule has 0 aliphatic carbocycles. The van der Waals surface area contributed by atoms with Crippen LogP contribution in [0.4, 0.5) is 5.82 Å². The number of aromatic nitrogens is 2. The van der Waals surface area contributed by atoms with Crippen LogP contribution in [0.1, 0.15) is 0 Å². The molecule has 4 rings (SSSR count). The Labute approximate surface area is 114 Å². The Hall–Kier alpha value is -2.07. The van der Waals surface area contributed by atoms with Crippen molar-refractivity contribution in [2.24, 2.45) is 7.05 Å². The van der Waals surface area contributed by atoms with Crippen molar-refractivity contribution in [2.75, 3.05) is 11.4 Å². The minimum absolute atomic E-state index is 0.918. The van der Waals surface area contributed by atoms with Gasteiger partial charge in [-0.15, -0.1) is 11.3 Å². The number of anilines is 1. The van der Waals surface area contributed by atoms with Crippen molar-refractivity contribution in [3.05, 3.63) is 45.7 Å². The van der Waals surface area contributed by atoms with Crippen LogP contribution in [0.25, 0.3) is 23.2 Å². The summed E-state index contributed by atoms with van der Waals surface area (Å²) in [6.07, 6.45) is 8.28. The van der Waals surface area contributed by atoms with E-state index in [4.69, 9.17) is 0 Å². The smallest absolute Gasteiger partial charge is 0.113 e. The number of aryl methyl sites for hydroxylation is 1. The predicted octanol–water partition coefficient (Wildman–Crippen LogP) is 1.67. The Kier molecular flexibility index (Phi) is 2.26. The molecule has 3 aromatic rings. The first kappa shape index (κ1) is 10.8. The summed E-state index contributed by atoms with van der Waals surface area (Å²) in [6, 6.07) is 6.46. The summed E-state index contributed by atoms with van der Waals surface area (Å²) in [6.45, 7) is 0.918. The van der Waals surface area contributed by atoms with Gasteiger partial charge in [0.25, 0.3) is 0 Å². The minimum atomic E-state index is 0.918. The van der Waals surface area contributed by atoms with Crippen LogP contribution >= 0.6 is 11.3 Å². The average molecular weight is 267 g/mol. The summed E-state index contributed by atoms with van der Waals surface area (Å²) >= 11 is 1.79. The first-order valence-corrected chi connectivity index (χ1v) is 7.12. The third-order valence-corrected chi connectivity index (χ3v) is 4.49. The molecule has 0 amide bonds. The fourth-order valence-corrected chi connectivity index (χ4v) is 3.43. The molecule has 0 saturated heterocycles. The van der Waals surface area contributed by atoms with Crippen molar-refractivity contribution < 1.29 is 0 Å². The molecule has 19 heavy (non-hydrogen) atoms. The SMILES string of the molecule is Cn1c(N2C=c3sccc3=CC2)cc2ccncc21. The molecule has 0 unspecified atom stereocenters. The van der Waals surface area contributed by atoms with Crippen molar-refractivity contribution in [3.63, 3.8) is 0 Å². The number of rotatable bonds is 1. The summed E-state index contributed by atoms with van der Waals surface area (Å²) in [5.74, 6) is 1.21. The van der Waals surface area contributed by atoms with Crippen LogP contribution in [0.5, 0.6) is 0 Å². The second-order valence-corrected chi connectivity index (χ2v) is 5.67. The normalized spacial score (nSPS) is 14.1. The van der Waals surface area contributed by atoms with Crippen molar-refractivity contribution in [1.82, 2.24) is 9.55 Å². The monoisotopic (exact) mass is 267 g/mol. The van der Waals surface area contributed by atoms with Gasteiger partial charge in [0.15, 0.2) is 0 Å². The summed E-state index contributed by atoms with van der Waals surface area (Å²) in [5, 5.41) is 4.73. The number of fused-ring (bicyclic) bond motifs is 2. The third kappa shape index (κ3) is 1.60. The van der Waals surface area contributed by atoms with Gasteiger partial charge in [-0.05, 0) is 28.8 Å². The maximum atomic E-state index is 4.20. The van der Waals surface area contributed by atoms with E-state index in [1.807, 2.05) is 12.4 Å². The zero-order chi connectivity index (χ0) is 12.8. The lowest BCUT2D eigenvalue weighted by atomic mass is 10.3. The first-order chi connectivity index (χ1) is 9.33. The van der Waals surface area contributed by atoms with Gasteiger partial charge in [0.1, 0.15) is 5.82 Å². The van der Waals surface area contributed by atoms with Gasteiger partial charge in [0.05, 0.1) is 16.2 Å². The summed E-state index contributed by atoms with van der Waals surface area (Å²) < 4.78 is 3.53. The summed E-state index contributed by atoms with van der Waals surface area (Å²) in [5.41, 5.74) is 1.17. The number of thiophene rings is 1. The topological polar surface area (TPSA) is 21.1 Å². The molecule has 0 fully saturated rings. The molecule has 1 aliphatic rings. The average Bonchev–Trinajstić information content (AvgIpc) is 3.03. The molecular weight excluding hydrogens is 254 g/mol. The molecule has 0 spiro atoms. The highest BCUT2D eigenvalue weighted by atomic mass is 32.1. The van der Waals surface area contributed by atoms with Crippen molar-refractivity contribution in [3.8, 4) is 0 Å². The molecule has 0 N–H and O–H groups in total. The van der Waals surface area contributed by atoms with Gasteiger partial charge >= 0.3 is 0 Å². The van der Waals surface area contributed by atoms with Crippen LogP contribution in [-0.4, -0.2) is 16.1 Å². The molecule has 4 heteroatoms. The number of hydrogen-bond acceptors (Lipinski definition) is 3. The van der Waals surface area contributed by atoms with Crippen molar-refractivity contribution >= 4 is 40.3 Å². The third-order valence-electron chi connectivity index (χ3n) is 3.62. The first-order valence-electron chi connectivity index (χ1n) is 6.24. The van der Waals surface area contributed by atoms with Crippen LogP contribution < -0.4 is 14.7 Å². The van der Waals surface area contributed by atoms with Gasteiger partial charge in [-0.2, -0.15) is 0 Å². The Balaban J connectivity index is 1.90. The van der Waals surface area contributed by atoms with Crippen LogP contribution in [0.2, 0.25) is 0 Å². The van der Waals surface area contributed by atoms with Crippen LogP contribution in [-0.2, 0) is 7.05 Å². The van der Waals surface area contributed by atoms with Crippen molar-refractivity contribution in [1.29, 1.82) is 0 Å². The second kappa shape index (κ2) is 3.96. The van der Waals surface area contributed by atoms with Gasteiger partial charge in [0.2, 0.25) is 0 Å². The highest BCUT2D eigenvalue weighted by Crippen LogP contribution is 2.25. The van der Waals surface area contributed by atoms with E-state index in [0.717, 1.165) is 6.54 Å². The molecule has 4 heterocycles. The quantitative estimate of drug-likeness (QED) is 0.669. The molecule has 0 aromatic carbocycles. The van der Waals surface area contributed by atoms with E-state index in [0.29, 0.717) is 0 Å². The Morgan fingerprint density at radius 3 is 3.16 bits per heavy atom. The molecule has 1 aliphatic heterocycles.